The Morgan fingerprint density at radius 2 is 2.00 bits per heavy atom. The van der Waals surface area contributed by atoms with Crippen molar-refractivity contribution in [3.8, 4) is 0 Å². The SMILES string of the molecule is CC(C)[C@@H]1CC[C@@H](C)C[C@H]1O[P+](C)=O. The Labute approximate surface area is 88.3 Å². The van der Waals surface area contributed by atoms with Gasteiger partial charge in [0.2, 0.25) is 0 Å². The maximum atomic E-state index is 11.1. The molecule has 0 aliphatic heterocycles. The molecule has 1 aliphatic carbocycles. The van der Waals surface area contributed by atoms with Gasteiger partial charge < -0.3 is 0 Å². The first-order chi connectivity index (χ1) is 6.50. The number of hydrogen-bond donors (Lipinski definition) is 0. The average Bonchev–Trinajstić information content (AvgIpc) is 2.01. The Bertz CT molecular complexity index is 203. The summed E-state index contributed by atoms with van der Waals surface area (Å²) in [6, 6.07) is 0. The smallest absolute Gasteiger partial charge is 0.143 e. The molecule has 0 spiro atoms. The highest BCUT2D eigenvalue weighted by Crippen LogP contribution is 2.38. The van der Waals surface area contributed by atoms with Crippen LogP contribution < -0.4 is 0 Å². The molecule has 0 aromatic carbocycles. The summed E-state index contributed by atoms with van der Waals surface area (Å²) in [6.45, 7) is 8.39. The molecule has 0 bridgehead atoms. The monoisotopic (exact) mass is 217 g/mol. The van der Waals surface area contributed by atoms with Gasteiger partial charge in [0.25, 0.3) is 0 Å². The zero-order valence-corrected chi connectivity index (χ0v) is 10.6. The summed E-state index contributed by atoms with van der Waals surface area (Å²) in [6.07, 6.45) is 3.83. The molecule has 0 aromatic heterocycles. The van der Waals surface area contributed by atoms with Gasteiger partial charge in [-0.05, 0) is 35.2 Å². The molecule has 0 radical (unpaired) electrons. The lowest BCUT2D eigenvalue weighted by atomic mass is 9.75. The lowest BCUT2D eigenvalue weighted by Crippen LogP contribution is -2.32. The van der Waals surface area contributed by atoms with E-state index in [2.05, 4.69) is 20.8 Å². The quantitative estimate of drug-likeness (QED) is 0.671. The Hall–Kier alpha value is 0.0600. The molecular weight excluding hydrogens is 195 g/mol. The van der Waals surface area contributed by atoms with Gasteiger partial charge in [-0.25, -0.2) is 0 Å². The molecule has 0 N–H and O–H groups in total. The molecule has 1 unspecified atom stereocenters. The summed E-state index contributed by atoms with van der Waals surface area (Å²) in [7, 11) is -1.44. The van der Waals surface area contributed by atoms with Gasteiger partial charge in [-0.3, -0.25) is 0 Å². The van der Waals surface area contributed by atoms with Crippen LogP contribution in [0.2, 0.25) is 0 Å². The highest BCUT2D eigenvalue weighted by atomic mass is 31.1. The van der Waals surface area contributed by atoms with Gasteiger partial charge >= 0.3 is 8.03 Å². The van der Waals surface area contributed by atoms with Crippen LogP contribution in [0.3, 0.4) is 0 Å². The van der Waals surface area contributed by atoms with Gasteiger partial charge in [-0.15, -0.1) is 4.52 Å². The lowest BCUT2D eigenvalue weighted by molar-refractivity contribution is 0.0531. The van der Waals surface area contributed by atoms with Gasteiger partial charge in [-0.2, -0.15) is 0 Å². The van der Waals surface area contributed by atoms with Gasteiger partial charge in [0.1, 0.15) is 6.10 Å². The van der Waals surface area contributed by atoms with E-state index in [-0.39, 0.29) is 6.10 Å². The van der Waals surface area contributed by atoms with Crippen molar-refractivity contribution in [2.75, 3.05) is 6.66 Å². The fourth-order valence-electron chi connectivity index (χ4n) is 2.43. The van der Waals surface area contributed by atoms with E-state index >= 15 is 0 Å². The molecule has 0 heterocycles. The molecule has 4 atom stereocenters. The van der Waals surface area contributed by atoms with E-state index in [0.717, 1.165) is 12.3 Å². The first-order valence-corrected chi connectivity index (χ1v) is 7.20. The van der Waals surface area contributed by atoms with Crippen LogP contribution >= 0.6 is 8.03 Å². The van der Waals surface area contributed by atoms with Crippen LogP contribution in [0.15, 0.2) is 0 Å². The Morgan fingerprint density at radius 3 is 2.50 bits per heavy atom. The fraction of sp³-hybridized carbons (Fsp3) is 1.00. The van der Waals surface area contributed by atoms with Crippen LogP contribution in [0.1, 0.15) is 40.0 Å². The molecule has 1 fully saturated rings. The van der Waals surface area contributed by atoms with Crippen LogP contribution in [-0.2, 0) is 9.09 Å². The zero-order valence-electron chi connectivity index (χ0n) is 9.69. The molecule has 82 valence electrons. The van der Waals surface area contributed by atoms with Crippen molar-refractivity contribution in [2.45, 2.75) is 46.1 Å². The largest absolute Gasteiger partial charge is 0.505 e. The van der Waals surface area contributed by atoms with Gasteiger partial charge in [0, 0.05) is 0 Å². The Morgan fingerprint density at radius 1 is 1.36 bits per heavy atom. The molecule has 1 rings (SSSR count). The Kier molecular flexibility index (Phi) is 4.53. The summed E-state index contributed by atoms with van der Waals surface area (Å²) in [5.41, 5.74) is 0. The van der Waals surface area contributed by atoms with Crippen molar-refractivity contribution in [2.24, 2.45) is 17.8 Å². The molecule has 3 heteroatoms. The Balaban J connectivity index is 2.58. The summed E-state index contributed by atoms with van der Waals surface area (Å²) in [5.74, 6) is 1.97. The van der Waals surface area contributed by atoms with Crippen LogP contribution in [0.5, 0.6) is 0 Å². The van der Waals surface area contributed by atoms with Crippen molar-refractivity contribution in [1.82, 2.24) is 0 Å². The zero-order chi connectivity index (χ0) is 10.7. The molecule has 14 heavy (non-hydrogen) atoms. The maximum Gasteiger partial charge on any atom is 0.505 e. The van der Waals surface area contributed by atoms with E-state index < -0.39 is 8.03 Å². The standard InChI is InChI=1S/C11H22O2P/c1-8(2)10-6-5-9(3)7-11(10)13-14(4)12/h8-11H,5-7H2,1-4H3/q+1/t9-,10+,11-/m1/s1. The van der Waals surface area contributed by atoms with Crippen LogP contribution in [-0.4, -0.2) is 12.8 Å². The second kappa shape index (κ2) is 5.23. The second-order valence-electron chi connectivity index (χ2n) is 4.91. The van der Waals surface area contributed by atoms with E-state index in [1.54, 1.807) is 6.66 Å². The molecule has 0 aromatic rings. The first-order valence-electron chi connectivity index (χ1n) is 5.58. The molecule has 1 aliphatic rings. The van der Waals surface area contributed by atoms with Crippen molar-refractivity contribution in [3.63, 3.8) is 0 Å². The van der Waals surface area contributed by atoms with Crippen LogP contribution in [0.4, 0.5) is 0 Å². The topological polar surface area (TPSA) is 26.3 Å². The number of rotatable bonds is 3. The van der Waals surface area contributed by atoms with E-state index in [0.29, 0.717) is 11.8 Å². The summed E-state index contributed by atoms with van der Waals surface area (Å²) < 4.78 is 16.7. The minimum absolute atomic E-state index is 0.229. The summed E-state index contributed by atoms with van der Waals surface area (Å²) in [5, 5.41) is 0. The summed E-state index contributed by atoms with van der Waals surface area (Å²) in [4.78, 5) is 0. The molecule has 2 nitrogen and oxygen atoms in total. The first kappa shape index (κ1) is 12.1. The van der Waals surface area contributed by atoms with E-state index in [9.17, 15) is 4.57 Å². The highest BCUT2D eigenvalue weighted by Gasteiger charge is 2.35. The molecular formula is C11H22O2P+. The van der Waals surface area contributed by atoms with Crippen molar-refractivity contribution in [1.29, 1.82) is 0 Å². The maximum absolute atomic E-state index is 11.1. The molecule has 0 amide bonds. The third-order valence-electron chi connectivity index (χ3n) is 3.25. The van der Waals surface area contributed by atoms with Crippen molar-refractivity contribution >= 4 is 8.03 Å². The lowest BCUT2D eigenvalue weighted by Gasteiger charge is -2.33. The van der Waals surface area contributed by atoms with E-state index in [1.165, 1.54) is 12.8 Å². The third-order valence-corrected chi connectivity index (χ3v) is 3.81. The van der Waals surface area contributed by atoms with Crippen molar-refractivity contribution in [3.05, 3.63) is 0 Å². The number of hydrogen-bond acceptors (Lipinski definition) is 2. The minimum Gasteiger partial charge on any atom is -0.143 e. The third kappa shape index (κ3) is 3.33. The normalized spacial score (nSPS) is 34.6. The van der Waals surface area contributed by atoms with Crippen molar-refractivity contribution < 1.29 is 9.09 Å². The van der Waals surface area contributed by atoms with E-state index in [1.807, 2.05) is 0 Å². The van der Waals surface area contributed by atoms with Crippen LogP contribution in [0, 0.1) is 17.8 Å². The average molecular weight is 217 g/mol. The fourth-order valence-corrected chi connectivity index (χ4v) is 3.05. The van der Waals surface area contributed by atoms with Gasteiger partial charge in [-0.1, -0.05) is 27.2 Å². The minimum atomic E-state index is -1.44. The van der Waals surface area contributed by atoms with E-state index in [4.69, 9.17) is 4.52 Å². The predicted octanol–water partition coefficient (Wildman–Crippen LogP) is 3.84. The summed E-state index contributed by atoms with van der Waals surface area (Å²) >= 11 is 0. The highest BCUT2D eigenvalue weighted by molar-refractivity contribution is 7.38. The second-order valence-corrected chi connectivity index (χ2v) is 6.00. The predicted molar refractivity (Wildman–Crippen MR) is 59.7 cm³/mol. The van der Waals surface area contributed by atoms with Gasteiger partial charge in [0.15, 0.2) is 6.66 Å². The molecule has 0 saturated heterocycles. The molecule has 1 saturated carbocycles. The van der Waals surface area contributed by atoms with Gasteiger partial charge in [0.05, 0.1) is 0 Å². The van der Waals surface area contributed by atoms with Crippen LogP contribution in [0.25, 0.3) is 0 Å².